The lowest BCUT2D eigenvalue weighted by Crippen LogP contribution is -2.16. The number of rotatable bonds is 6. The summed E-state index contributed by atoms with van der Waals surface area (Å²) in [5.74, 6) is 2.62. The third-order valence-electron chi connectivity index (χ3n) is 3.66. The van der Waals surface area contributed by atoms with Crippen LogP contribution in [0.5, 0.6) is 17.5 Å². The fraction of sp³-hybridized carbons (Fsp3) is 0.444. The van der Waals surface area contributed by atoms with Gasteiger partial charge in [0.2, 0.25) is 11.8 Å². The summed E-state index contributed by atoms with van der Waals surface area (Å²) in [7, 11) is 0. The molecule has 0 unspecified atom stereocenters. The second-order valence-electron chi connectivity index (χ2n) is 5.43. The highest BCUT2D eigenvalue weighted by Crippen LogP contribution is 2.30. The van der Waals surface area contributed by atoms with Crippen molar-refractivity contribution in [2.45, 2.75) is 53.6 Å². The van der Waals surface area contributed by atoms with E-state index in [1.807, 2.05) is 45.0 Å². The van der Waals surface area contributed by atoms with Crippen LogP contribution in [0.2, 0.25) is 0 Å². The van der Waals surface area contributed by atoms with Gasteiger partial charge in [-0.1, -0.05) is 32.0 Å². The zero-order chi connectivity index (χ0) is 16.1. The molecule has 0 saturated carbocycles. The molecule has 118 valence electrons. The van der Waals surface area contributed by atoms with Gasteiger partial charge in [0, 0.05) is 0 Å². The molecule has 2 aromatic rings. The van der Waals surface area contributed by atoms with Gasteiger partial charge in [-0.3, -0.25) is 0 Å². The van der Waals surface area contributed by atoms with Crippen LogP contribution < -0.4 is 9.47 Å². The Morgan fingerprint density at radius 2 is 1.59 bits per heavy atom. The average Bonchev–Trinajstić information content (AvgIpc) is 2.51. The van der Waals surface area contributed by atoms with Crippen molar-refractivity contribution in [3.63, 3.8) is 0 Å². The standard InChI is InChI=1S/C18H24N2O2/c1-6-15(7-2)21-17-13(4)18(20-14(5)19-17)22-16-11-9-8-10-12(16)3/h8-11,15H,6-7H2,1-5H3. The maximum atomic E-state index is 6.00. The number of para-hydroxylation sites is 1. The molecule has 0 atom stereocenters. The van der Waals surface area contributed by atoms with Crippen molar-refractivity contribution in [3.05, 3.63) is 41.2 Å². The lowest BCUT2D eigenvalue weighted by molar-refractivity contribution is 0.182. The highest BCUT2D eigenvalue weighted by Gasteiger charge is 2.16. The summed E-state index contributed by atoms with van der Waals surface area (Å²) in [4.78, 5) is 8.84. The van der Waals surface area contributed by atoms with E-state index in [2.05, 4.69) is 23.8 Å². The average molecular weight is 300 g/mol. The molecule has 0 N–H and O–H groups in total. The topological polar surface area (TPSA) is 44.2 Å². The number of ether oxygens (including phenoxy) is 2. The van der Waals surface area contributed by atoms with Crippen LogP contribution in [0.4, 0.5) is 0 Å². The Balaban J connectivity index is 2.32. The van der Waals surface area contributed by atoms with E-state index in [9.17, 15) is 0 Å². The van der Waals surface area contributed by atoms with Crippen molar-refractivity contribution in [1.82, 2.24) is 9.97 Å². The molecule has 0 fully saturated rings. The molecule has 1 aromatic heterocycles. The maximum Gasteiger partial charge on any atom is 0.229 e. The Bertz CT molecular complexity index is 637. The molecule has 0 aliphatic rings. The lowest BCUT2D eigenvalue weighted by atomic mass is 10.2. The summed E-state index contributed by atoms with van der Waals surface area (Å²) >= 11 is 0. The zero-order valence-corrected chi connectivity index (χ0v) is 14.0. The molecule has 2 rings (SSSR count). The normalized spacial score (nSPS) is 10.8. The first kappa shape index (κ1) is 16.3. The van der Waals surface area contributed by atoms with E-state index in [0.29, 0.717) is 17.6 Å². The van der Waals surface area contributed by atoms with Crippen molar-refractivity contribution in [2.75, 3.05) is 0 Å². The van der Waals surface area contributed by atoms with E-state index in [1.165, 1.54) is 0 Å². The van der Waals surface area contributed by atoms with Gasteiger partial charge in [-0.25, -0.2) is 0 Å². The highest BCUT2D eigenvalue weighted by atomic mass is 16.5. The van der Waals surface area contributed by atoms with Gasteiger partial charge < -0.3 is 9.47 Å². The number of nitrogens with zero attached hydrogens (tertiary/aromatic N) is 2. The number of hydrogen-bond acceptors (Lipinski definition) is 4. The van der Waals surface area contributed by atoms with E-state index >= 15 is 0 Å². The Morgan fingerprint density at radius 1 is 0.955 bits per heavy atom. The molecule has 22 heavy (non-hydrogen) atoms. The van der Waals surface area contributed by atoms with Crippen LogP contribution in [-0.2, 0) is 0 Å². The van der Waals surface area contributed by atoms with E-state index in [1.54, 1.807) is 0 Å². The summed E-state index contributed by atoms with van der Waals surface area (Å²) in [5.41, 5.74) is 1.90. The van der Waals surface area contributed by atoms with Crippen LogP contribution in [-0.4, -0.2) is 16.1 Å². The van der Waals surface area contributed by atoms with Gasteiger partial charge in [0.15, 0.2) is 0 Å². The third kappa shape index (κ3) is 3.75. The van der Waals surface area contributed by atoms with Crippen LogP contribution in [0.25, 0.3) is 0 Å². The van der Waals surface area contributed by atoms with Crippen LogP contribution in [0.3, 0.4) is 0 Å². The second-order valence-corrected chi connectivity index (χ2v) is 5.43. The first-order valence-electron chi connectivity index (χ1n) is 7.80. The molecule has 0 aliphatic carbocycles. The fourth-order valence-electron chi connectivity index (χ4n) is 2.18. The molecule has 4 heteroatoms. The van der Waals surface area contributed by atoms with Gasteiger partial charge in [0.05, 0.1) is 11.7 Å². The van der Waals surface area contributed by atoms with Gasteiger partial charge in [0.25, 0.3) is 0 Å². The molecule has 1 aromatic carbocycles. The van der Waals surface area contributed by atoms with Crippen molar-refractivity contribution >= 4 is 0 Å². The maximum absolute atomic E-state index is 6.00. The number of aromatic nitrogens is 2. The fourth-order valence-corrected chi connectivity index (χ4v) is 2.18. The van der Waals surface area contributed by atoms with Gasteiger partial charge in [0.1, 0.15) is 11.6 Å². The Labute approximate surface area is 132 Å². The summed E-state index contributed by atoms with van der Waals surface area (Å²) in [5, 5.41) is 0. The predicted molar refractivity (Wildman–Crippen MR) is 87.8 cm³/mol. The first-order chi connectivity index (χ1) is 10.5. The first-order valence-corrected chi connectivity index (χ1v) is 7.80. The SMILES string of the molecule is CCC(CC)Oc1nc(C)nc(Oc2ccccc2C)c1C. The Morgan fingerprint density at radius 3 is 2.23 bits per heavy atom. The second kappa shape index (κ2) is 7.25. The van der Waals surface area contributed by atoms with Gasteiger partial charge in [-0.15, -0.1) is 0 Å². The third-order valence-corrected chi connectivity index (χ3v) is 3.66. The Hall–Kier alpha value is -2.10. The van der Waals surface area contributed by atoms with E-state index in [-0.39, 0.29) is 6.10 Å². The quantitative estimate of drug-likeness (QED) is 0.771. The van der Waals surface area contributed by atoms with Gasteiger partial charge in [-0.05, 0) is 45.2 Å². The number of hydrogen-bond donors (Lipinski definition) is 0. The zero-order valence-electron chi connectivity index (χ0n) is 14.0. The molecule has 0 bridgehead atoms. The lowest BCUT2D eigenvalue weighted by Gasteiger charge is -2.18. The van der Waals surface area contributed by atoms with Crippen molar-refractivity contribution in [1.29, 1.82) is 0 Å². The molecular formula is C18H24N2O2. The van der Waals surface area contributed by atoms with Crippen LogP contribution in [0, 0.1) is 20.8 Å². The van der Waals surface area contributed by atoms with Crippen molar-refractivity contribution in [2.24, 2.45) is 0 Å². The monoisotopic (exact) mass is 300 g/mol. The largest absolute Gasteiger partial charge is 0.474 e. The molecule has 0 saturated heterocycles. The molecule has 1 heterocycles. The van der Waals surface area contributed by atoms with Crippen LogP contribution in [0.15, 0.2) is 24.3 Å². The molecule has 0 amide bonds. The van der Waals surface area contributed by atoms with Crippen molar-refractivity contribution < 1.29 is 9.47 Å². The minimum atomic E-state index is 0.166. The number of aryl methyl sites for hydroxylation is 2. The molecule has 0 radical (unpaired) electrons. The van der Waals surface area contributed by atoms with Gasteiger partial charge in [-0.2, -0.15) is 9.97 Å². The minimum Gasteiger partial charge on any atom is -0.474 e. The smallest absolute Gasteiger partial charge is 0.229 e. The van der Waals surface area contributed by atoms with Crippen LogP contribution >= 0.6 is 0 Å². The molecular weight excluding hydrogens is 276 g/mol. The van der Waals surface area contributed by atoms with E-state index in [4.69, 9.17) is 9.47 Å². The Kier molecular flexibility index (Phi) is 5.36. The molecule has 0 spiro atoms. The minimum absolute atomic E-state index is 0.166. The van der Waals surface area contributed by atoms with Crippen LogP contribution in [0.1, 0.15) is 43.6 Å². The summed E-state index contributed by atoms with van der Waals surface area (Å²) in [6.45, 7) is 10.0. The van der Waals surface area contributed by atoms with Crippen molar-refractivity contribution in [3.8, 4) is 17.5 Å². The van der Waals surface area contributed by atoms with E-state index in [0.717, 1.165) is 29.7 Å². The van der Waals surface area contributed by atoms with Gasteiger partial charge >= 0.3 is 0 Å². The highest BCUT2D eigenvalue weighted by molar-refractivity contribution is 5.40. The summed E-state index contributed by atoms with van der Waals surface area (Å²) in [6.07, 6.45) is 2.07. The summed E-state index contributed by atoms with van der Waals surface area (Å²) in [6, 6.07) is 7.89. The molecule has 0 aliphatic heterocycles. The summed E-state index contributed by atoms with van der Waals surface area (Å²) < 4.78 is 12.0. The predicted octanol–water partition coefficient (Wildman–Crippen LogP) is 4.76. The number of benzene rings is 1. The van der Waals surface area contributed by atoms with E-state index < -0.39 is 0 Å². The molecule has 4 nitrogen and oxygen atoms in total.